The topological polar surface area (TPSA) is 71.1 Å². The van der Waals surface area contributed by atoms with Gasteiger partial charge in [0.1, 0.15) is 0 Å². The minimum Gasteiger partial charge on any atom is -0.345 e. The second-order valence-electron chi connectivity index (χ2n) is 6.64. The fourth-order valence-electron chi connectivity index (χ4n) is 2.85. The average Bonchev–Trinajstić information content (AvgIpc) is 3.11. The minimum atomic E-state index is -0.199. The number of nitrogens with zero attached hydrogens (tertiary/aromatic N) is 1. The van der Waals surface area contributed by atoms with Crippen LogP contribution in [-0.4, -0.2) is 16.8 Å². The molecule has 2 N–H and O–H groups in total. The molecule has 0 saturated heterocycles. The zero-order valence-corrected chi connectivity index (χ0v) is 18.2. The monoisotopic (exact) mass is 425 g/mol. The summed E-state index contributed by atoms with van der Waals surface area (Å²) in [6.07, 6.45) is 0. The Bertz CT molecular complexity index is 1020. The number of benzene rings is 2. The molecule has 3 rings (SSSR count). The Balaban J connectivity index is 1.69. The van der Waals surface area contributed by atoms with E-state index in [0.717, 1.165) is 26.9 Å². The second kappa shape index (κ2) is 9.71. The molecule has 0 radical (unpaired) electrons. The van der Waals surface area contributed by atoms with Crippen molar-refractivity contribution in [3.05, 3.63) is 75.7 Å². The Morgan fingerprint density at radius 2 is 1.97 bits per heavy atom. The molecule has 1 unspecified atom stereocenters. The van der Waals surface area contributed by atoms with Crippen molar-refractivity contribution in [3.8, 4) is 0 Å². The number of nitrogens with one attached hydrogen (secondary N) is 2. The van der Waals surface area contributed by atoms with Crippen molar-refractivity contribution in [3.63, 3.8) is 0 Å². The zero-order valence-electron chi connectivity index (χ0n) is 16.6. The Labute approximate surface area is 179 Å². The van der Waals surface area contributed by atoms with Crippen LogP contribution in [0.25, 0.3) is 0 Å². The maximum atomic E-state index is 12.9. The number of aryl methyl sites for hydroxylation is 1. The van der Waals surface area contributed by atoms with Gasteiger partial charge in [-0.2, -0.15) is 0 Å². The summed E-state index contributed by atoms with van der Waals surface area (Å²) < 4.78 is 0. The first-order valence-corrected chi connectivity index (χ1v) is 11.1. The third-order valence-corrected chi connectivity index (χ3v) is 6.16. The molecule has 0 spiro atoms. The Morgan fingerprint density at radius 3 is 2.69 bits per heavy atom. The van der Waals surface area contributed by atoms with Crippen LogP contribution in [-0.2, 0) is 10.5 Å². The largest absolute Gasteiger partial charge is 0.345 e. The van der Waals surface area contributed by atoms with Gasteiger partial charge >= 0.3 is 0 Å². The predicted octanol–water partition coefficient (Wildman–Crippen LogP) is 5.19. The van der Waals surface area contributed by atoms with E-state index in [1.807, 2.05) is 62.4 Å². The van der Waals surface area contributed by atoms with Crippen molar-refractivity contribution in [2.24, 2.45) is 0 Å². The van der Waals surface area contributed by atoms with Crippen LogP contribution in [0.15, 0.2) is 58.8 Å². The highest BCUT2D eigenvalue weighted by molar-refractivity contribution is 7.98. The molecule has 2 aromatic carbocycles. The molecule has 0 bridgehead atoms. The minimum absolute atomic E-state index is 0.125. The number of rotatable bonds is 7. The zero-order chi connectivity index (χ0) is 20.8. The number of thioether (sulfide) groups is 1. The van der Waals surface area contributed by atoms with E-state index in [1.54, 1.807) is 23.1 Å². The van der Waals surface area contributed by atoms with Gasteiger partial charge in [-0.05, 0) is 43.7 Å². The molecular weight excluding hydrogens is 402 g/mol. The molecule has 0 saturated carbocycles. The summed E-state index contributed by atoms with van der Waals surface area (Å²) in [5, 5.41) is 8.92. The molecule has 1 aromatic heterocycles. The highest BCUT2D eigenvalue weighted by Gasteiger charge is 2.16. The number of anilines is 1. The summed E-state index contributed by atoms with van der Waals surface area (Å²) in [6, 6.07) is 14.9. The molecule has 0 aliphatic carbocycles. The number of thiazole rings is 1. The fourth-order valence-corrected chi connectivity index (χ4v) is 4.51. The van der Waals surface area contributed by atoms with E-state index in [2.05, 4.69) is 21.0 Å². The predicted molar refractivity (Wildman–Crippen MR) is 119 cm³/mol. The van der Waals surface area contributed by atoms with Gasteiger partial charge in [-0.3, -0.25) is 9.59 Å². The van der Waals surface area contributed by atoms with Gasteiger partial charge in [-0.25, -0.2) is 4.98 Å². The van der Waals surface area contributed by atoms with Crippen LogP contribution >= 0.6 is 23.1 Å². The number of amides is 2. The first-order valence-electron chi connectivity index (χ1n) is 9.23. The van der Waals surface area contributed by atoms with Gasteiger partial charge in [-0.15, -0.1) is 23.1 Å². The van der Waals surface area contributed by atoms with E-state index in [1.165, 1.54) is 6.92 Å². The van der Waals surface area contributed by atoms with Crippen LogP contribution in [0.2, 0.25) is 0 Å². The van der Waals surface area contributed by atoms with Crippen molar-refractivity contribution >= 4 is 40.6 Å². The van der Waals surface area contributed by atoms with Crippen LogP contribution < -0.4 is 10.6 Å². The molecule has 5 nitrogen and oxygen atoms in total. The summed E-state index contributed by atoms with van der Waals surface area (Å²) in [4.78, 5) is 29.6. The second-order valence-corrected chi connectivity index (χ2v) is 8.72. The smallest absolute Gasteiger partial charge is 0.252 e. The number of carbonyl (C=O) groups is 2. The molecule has 0 aliphatic rings. The van der Waals surface area contributed by atoms with Crippen molar-refractivity contribution in [2.45, 2.75) is 37.5 Å². The van der Waals surface area contributed by atoms with Crippen molar-refractivity contribution in [2.75, 3.05) is 5.32 Å². The highest BCUT2D eigenvalue weighted by Crippen LogP contribution is 2.27. The third-order valence-electron chi connectivity index (χ3n) is 4.23. The number of carbonyl (C=O) groups excluding carboxylic acids is 2. The summed E-state index contributed by atoms with van der Waals surface area (Å²) >= 11 is 3.24. The number of aromatic nitrogens is 1. The molecule has 1 heterocycles. The van der Waals surface area contributed by atoms with Gasteiger partial charge in [0.2, 0.25) is 5.91 Å². The summed E-state index contributed by atoms with van der Waals surface area (Å²) in [7, 11) is 0. The van der Waals surface area contributed by atoms with Gasteiger partial charge in [0.15, 0.2) is 0 Å². The van der Waals surface area contributed by atoms with Gasteiger partial charge in [0, 0.05) is 28.6 Å². The van der Waals surface area contributed by atoms with Gasteiger partial charge in [-0.1, -0.05) is 24.3 Å². The van der Waals surface area contributed by atoms with Crippen molar-refractivity contribution in [1.29, 1.82) is 0 Å². The van der Waals surface area contributed by atoms with E-state index < -0.39 is 0 Å². The Kier molecular flexibility index (Phi) is 7.06. The summed E-state index contributed by atoms with van der Waals surface area (Å²) in [6.45, 7) is 5.39. The van der Waals surface area contributed by atoms with E-state index in [0.29, 0.717) is 11.3 Å². The molecule has 3 aromatic rings. The lowest BCUT2D eigenvalue weighted by Crippen LogP contribution is -2.27. The van der Waals surface area contributed by atoms with Gasteiger partial charge in [0.25, 0.3) is 5.91 Å². The van der Waals surface area contributed by atoms with E-state index >= 15 is 0 Å². The van der Waals surface area contributed by atoms with Gasteiger partial charge < -0.3 is 10.6 Å². The first kappa shape index (κ1) is 21.1. The molecule has 1 atom stereocenters. The molecule has 29 heavy (non-hydrogen) atoms. The van der Waals surface area contributed by atoms with Crippen LogP contribution in [0, 0.1) is 6.92 Å². The van der Waals surface area contributed by atoms with Crippen LogP contribution in [0.5, 0.6) is 0 Å². The third kappa shape index (κ3) is 5.92. The molecule has 0 aliphatic heterocycles. The lowest BCUT2D eigenvalue weighted by atomic mass is 10.1. The SMILES string of the molecule is CC(=O)Nc1cccc(C(C)NC(=O)c2ccccc2SCc2csc(C)n2)c1. The maximum Gasteiger partial charge on any atom is 0.252 e. The Morgan fingerprint density at radius 1 is 1.17 bits per heavy atom. The average molecular weight is 426 g/mol. The lowest BCUT2D eigenvalue weighted by molar-refractivity contribution is -0.114. The molecule has 0 fully saturated rings. The summed E-state index contributed by atoms with van der Waals surface area (Å²) in [5.74, 6) is 0.475. The normalized spacial score (nSPS) is 11.7. The number of hydrogen-bond acceptors (Lipinski definition) is 5. The molecular formula is C22H23N3O2S2. The first-order chi connectivity index (χ1) is 13.9. The van der Waals surface area contributed by atoms with Crippen LogP contribution in [0.1, 0.15) is 46.5 Å². The molecule has 150 valence electrons. The van der Waals surface area contributed by atoms with E-state index in [4.69, 9.17) is 0 Å². The highest BCUT2D eigenvalue weighted by atomic mass is 32.2. The molecule has 7 heteroatoms. The van der Waals surface area contributed by atoms with E-state index in [9.17, 15) is 9.59 Å². The van der Waals surface area contributed by atoms with E-state index in [-0.39, 0.29) is 17.9 Å². The Hall–Kier alpha value is -2.64. The van der Waals surface area contributed by atoms with Crippen LogP contribution in [0.3, 0.4) is 0 Å². The van der Waals surface area contributed by atoms with Gasteiger partial charge in [0.05, 0.1) is 22.3 Å². The van der Waals surface area contributed by atoms with Crippen molar-refractivity contribution < 1.29 is 9.59 Å². The van der Waals surface area contributed by atoms with Crippen LogP contribution in [0.4, 0.5) is 5.69 Å². The molecule has 2 amide bonds. The number of hydrogen-bond donors (Lipinski definition) is 2. The summed E-state index contributed by atoms with van der Waals surface area (Å²) in [5.41, 5.74) is 3.31. The maximum absolute atomic E-state index is 12.9. The fraction of sp³-hybridized carbons (Fsp3) is 0.227. The van der Waals surface area contributed by atoms with Crippen molar-refractivity contribution in [1.82, 2.24) is 10.3 Å². The standard InChI is InChI=1S/C22H23N3O2S2/c1-14(17-7-6-8-18(11-17)24-15(2)26)23-22(27)20-9-4-5-10-21(20)29-13-19-12-28-16(3)25-19/h4-12,14H,13H2,1-3H3,(H,23,27)(H,24,26). The lowest BCUT2D eigenvalue weighted by Gasteiger charge is -2.17. The quantitative estimate of drug-likeness (QED) is 0.511.